The molecule has 1 unspecified atom stereocenters. The summed E-state index contributed by atoms with van der Waals surface area (Å²) in [6.07, 6.45) is 2.02. The van der Waals surface area contributed by atoms with Gasteiger partial charge in [0.05, 0.1) is 6.54 Å². The van der Waals surface area contributed by atoms with Crippen LogP contribution in [0.2, 0.25) is 0 Å². The number of nitrogens with zero attached hydrogens (tertiary/aromatic N) is 1. The predicted molar refractivity (Wildman–Crippen MR) is 43.9 cm³/mol. The topological polar surface area (TPSA) is 60.8 Å². The highest BCUT2D eigenvalue weighted by Gasteiger charge is 2.20. The predicted octanol–water partition coefficient (Wildman–Crippen LogP) is -0.225. The molecular weight excluding hydrogens is 158 g/mol. The van der Waals surface area contributed by atoms with Crippen molar-refractivity contribution in [1.82, 2.24) is 4.90 Å². The number of carboxylic acid groups (broad SMARTS) is 1. The molecule has 0 saturated carbocycles. The Morgan fingerprint density at radius 1 is 1.58 bits per heavy atom. The molecule has 4 heteroatoms. The Morgan fingerprint density at radius 2 is 2.33 bits per heavy atom. The van der Waals surface area contributed by atoms with E-state index in [2.05, 4.69) is 0 Å². The molecule has 0 spiro atoms. The van der Waals surface area contributed by atoms with Gasteiger partial charge in [0.15, 0.2) is 0 Å². The number of hydrogen-bond acceptors (Lipinski definition) is 3. The third-order valence-corrected chi connectivity index (χ3v) is 2.22. The summed E-state index contributed by atoms with van der Waals surface area (Å²) in [5.41, 5.74) is 0. The number of hydrogen-bond donors (Lipinski definition) is 2. The second-order valence-electron chi connectivity index (χ2n) is 3.32. The molecule has 1 fully saturated rings. The molecule has 1 heterocycles. The van der Waals surface area contributed by atoms with Gasteiger partial charge in [-0.3, -0.25) is 9.69 Å². The second-order valence-corrected chi connectivity index (χ2v) is 3.32. The van der Waals surface area contributed by atoms with E-state index in [1.807, 2.05) is 4.90 Å². The Hall–Kier alpha value is -0.610. The number of carboxylic acids is 1. The summed E-state index contributed by atoms with van der Waals surface area (Å²) in [6.45, 7) is 1.86. The average molecular weight is 173 g/mol. The van der Waals surface area contributed by atoms with Crippen LogP contribution in [0.25, 0.3) is 0 Å². The van der Waals surface area contributed by atoms with E-state index in [9.17, 15) is 4.79 Å². The summed E-state index contributed by atoms with van der Waals surface area (Å²) in [4.78, 5) is 12.2. The first kappa shape index (κ1) is 9.48. The fourth-order valence-corrected chi connectivity index (χ4v) is 1.64. The summed E-state index contributed by atoms with van der Waals surface area (Å²) in [5.74, 6) is -0.508. The fraction of sp³-hybridized carbons (Fsp3) is 0.875. The zero-order valence-corrected chi connectivity index (χ0v) is 7.07. The third kappa shape index (κ3) is 2.79. The summed E-state index contributed by atoms with van der Waals surface area (Å²) in [7, 11) is 0. The van der Waals surface area contributed by atoms with Gasteiger partial charge in [-0.25, -0.2) is 0 Å². The van der Waals surface area contributed by atoms with Crippen molar-refractivity contribution in [2.45, 2.75) is 12.8 Å². The highest BCUT2D eigenvalue weighted by atomic mass is 16.4. The Balaban J connectivity index is 2.30. The van der Waals surface area contributed by atoms with Crippen LogP contribution in [0, 0.1) is 5.92 Å². The van der Waals surface area contributed by atoms with Crippen molar-refractivity contribution in [1.29, 1.82) is 0 Å². The van der Waals surface area contributed by atoms with Crippen molar-refractivity contribution in [3.05, 3.63) is 0 Å². The highest BCUT2D eigenvalue weighted by Crippen LogP contribution is 2.14. The lowest BCUT2D eigenvalue weighted by molar-refractivity contribution is -0.138. The molecule has 0 radical (unpaired) electrons. The van der Waals surface area contributed by atoms with Gasteiger partial charge in [0.2, 0.25) is 0 Å². The average Bonchev–Trinajstić information content (AvgIpc) is 2.03. The Labute approximate surface area is 71.8 Å². The molecule has 0 aromatic rings. The molecule has 0 aliphatic carbocycles. The molecule has 4 nitrogen and oxygen atoms in total. The van der Waals surface area contributed by atoms with Crippen molar-refractivity contribution in [3.8, 4) is 0 Å². The van der Waals surface area contributed by atoms with Crippen molar-refractivity contribution < 1.29 is 15.0 Å². The van der Waals surface area contributed by atoms with E-state index >= 15 is 0 Å². The molecule has 70 valence electrons. The molecule has 0 aromatic heterocycles. The van der Waals surface area contributed by atoms with Crippen LogP contribution >= 0.6 is 0 Å². The van der Waals surface area contributed by atoms with E-state index in [0.29, 0.717) is 0 Å². The molecule has 1 saturated heterocycles. The third-order valence-electron chi connectivity index (χ3n) is 2.22. The maximum Gasteiger partial charge on any atom is 0.317 e. The molecular formula is C8H15NO3. The normalized spacial score (nSPS) is 25.6. The van der Waals surface area contributed by atoms with Crippen LogP contribution in [0.4, 0.5) is 0 Å². The lowest BCUT2D eigenvalue weighted by atomic mass is 9.99. The fourth-order valence-electron chi connectivity index (χ4n) is 1.64. The lowest BCUT2D eigenvalue weighted by Gasteiger charge is -2.30. The summed E-state index contributed by atoms with van der Waals surface area (Å²) in [5, 5.41) is 17.4. The minimum Gasteiger partial charge on any atom is -0.480 e. The number of likely N-dealkylation sites (tertiary alicyclic amines) is 1. The van der Waals surface area contributed by atoms with Crippen molar-refractivity contribution in [2.24, 2.45) is 5.92 Å². The van der Waals surface area contributed by atoms with Crippen LogP contribution in [0.15, 0.2) is 0 Å². The minimum atomic E-state index is -0.784. The van der Waals surface area contributed by atoms with Crippen molar-refractivity contribution in [3.63, 3.8) is 0 Å². The zero-order chi connectivity index (χ0) is 8.97. The number of aliphatic hydroxyl groups is 1. The first-order valence-corrected chi connectivity index (χ1v) is 4.27. The Kier molecular flexibility index (Phi) is 3.49. The van der Waals surface area contributed by atoms with Gasteiger partial charge in [-0.05, 0) is 25.3 Å². The number of rotatable bonds is 3. The van der Waals surface area contributed by atoms with E-state index < -0.39 is 5.97 Å². The van der Waals surface area contributed by atoms with E-state index in [-0.39, 0.29) is 19.1 Å². The maximum atomic E-state index is 10.4. The minimum absolute atomic E-state index is 0.108. The molecule has 0 bridgehead atoms. The van der Waals surface area contributed by atoms with Crippen LogP contribution in [-0.2, 0) is 4.79 Å². The van der Waals surface area contributed by atoms with Crippen LogP contribution in [0.5, 0.6) is 0 Å². The molecule has 0 amide bonds. The van der Waals surface area contributed by atoms with Crippen LogP contribution < -0.4 is 0 Å². The first-order chi connectivity index (χ1) is 5.72. The largest absolute Gasteiger partial charge is 0.480 e. The zero-order valence-electron chi connectivity index (χ0n) is 7.07. The lowest BCUT2D eigenvalue weighted by Crippen LogP contribution is -2.39. The number of piperidine rings is 1. The van der Waals surface area contributed by atoms with Crippen LogP contribution in [0.3, 0.4) is 0 Å². The number of carbonyl (C=O) groups is 1. The van der Waals surface area contributed by atoms with E-state index in [0.717, 1.165) is 25.9 Å². The molecule has 0 aromatic carbocycles. The second kappa shape index (κ2) is 4.42. The number of aliphatic carboxylic acids is 1. The van der Waals surface area contributed by atoms with Gasteiger partial charge in [-0.1, -0.05) is 0 Å². The van der Waals surface area contributed by atoms with Gasteiger partial charge in [0, 0.05) is 13.2 Å². The highest BCUT2D eigenvalue weighted by molar-refractivity contribution is 5.69. The summed E-state index contributed by atoms with van der Waals surface area (Å²) >= 11 is 0. The Bertz CT molecular complexity index is 160. The van der Waals surface area contributed by atoms with Gasteiger partial charge >= 0.3 is 5.97 Å². The number of aliphatic hydroxyl groups excluding tert-OH is 1. The summed E-state index contributed by atoms with van der Waals surface area (Å²) in [6, 6.07) is 0. The molecule has 1 aliphatic heterocycles. The molecule has 1 rings (SSSR count). The Morgan fingerprint density at radius 3 is 2.92 bits per heavy atom. The molecule has 1 atom stereocenters. The van der Waals surface area contributed by atoms with Gasteiger partial charge < -0.3 is 10.2 Å². The maximum absolute atomic E-state index is 10.4. The molecule has 12 heavy (non-hydrogen) atoms. The van der Waals surface area contributed by atoms with Crippen molar-refractivity contribution >= 4 is 5.97 Å². The summed E-state index contributed by atoms with van der Waals surface area (Å²) < 4.78 is 0. The smallest absolute Gasteiger partial charge is 0.317 e. The quantitative estimate of drug-likeness (QED) is 0.619. The van der Waals surface area contributed by atoms with Gasteiger partial charge in [0.25, 0.3) is 0 Å². The van der Waals surface area contributed by atoms with Gasteiger partial charge in [-0.15, -0.1) is 0 Å². The standard InChI is InChI=1S/C8H15NO3/c10-6-7-2-1-3-9(4-7)5-8(11)12/h7,10H,1-6H2,(H,11,12). The van der Waals surface area contributed by atoms with E-state index in [4.69, 9.17) is 10.2 Å². The van der Waals surface area contributed by atoms with E-state index in [1.54, 1.807) is 0 Å². The van der Waals surface area contributed by atoms with Crippen LogP contribution in [-0.4, -0.2) is 47.3 Å². The SMILES string of the molecule is O=C(O)CN1CCCC(CO)C1. The molecule has 1 aliphatic rings. The van der Waals surface area contributed by atoms with Gasteiger partial charge in [-0.2, -0.15) is 0 Å². The monoisotopic (exact) mass is 173 g/mol. The van der Waals surface area contributed by atoms with Gasteiger partial charge in [0.1, 0.15) is 0 Å². The van der Waals surface area contributed by atoms with Crippen molar-refractivity contribution in [2.75, 3.05) is 26.2 Å². The first-order valence-electron chi connectivity index (χ1n) is 4.27. The molecule has 2 N–H and O–H groups in total. The van der Waals surface area contributed by atoms with Crippen LogP contribution in [0.1, 0.15) is 12.8 Å². The van der Waals surface area contributed by atoms with E-state index in [1.165, 1.54) is 0 Å².